The van der Waals surface area contributed by atoms with E-state index in [1.54, 1.807) is 6.92 Å². The van der Waals surface area contributed by atoms with Gasteiger partial charge in [-0.2, -0.15) is 12.6 Å². The topological polar surface area (TPSA) is 124 Å². The molecule has 0 rings (SSSR count). The Labute approximate surface area is 110 Å². The Hall–Kier alpha value is -1.54. The molecule has 0 heterocycles. The van der Waals surface area contributed by atoms with Gasteiger partial charge < -0.3 is 20.6 Å². The van der Waals surface area contributed by atoms with Crippen LogP contribution in [0.3, 0.4) is 0 Å². The first kappa shape index (κ1) is 18.8. The predicted octanol–water partition coefficient (Wildman–Crippen LogP) is 0.0808. The van der Waals surface area contributed by atoms with Crippen LogP contribution in [-0.2, 0) is 14.4 Å². The van der Waals surface area contributed by atoms with Gasteiger partial charge in [-0.25, -0.2) is 9.59 Å². The lowest BCUT2D eigenvalue weighted by Gasteiger charge is -2.22. The highest BCUT2D eigenvalue weighted by molar-refractivity contribution is 7.80. The van der Waals surface area contributed by atoms with Crippen molar-refractivity contribution in [3.63, 3.8) is 0 Å². The zero-order valence-corrected chi connectivity index (χ0v) is 11.0. The minimum atomic E-state index is -1.26. The zero-order valence-electron chi connectivity index (χ0n) is 10.1. The summed E-state index contributed by atoms with van der Waals surface area (Å²) in [7, 11) is 0. The molecule has 8 heteroatoms. The van der Waals surface area contributed by atoms with Crippen molar-refractivity contribution in [2.75, 3.05) is 12.3 Å². The van der Waals surface area contributed by atoms with Crippen LogP contribution in [0.15, 0.2) is 12.2 Å². The van der Waals surface area contributed by atoms with Gasteiger partial charge in [-0.3, -0.25) is 4.79 Å². The second-order valence-electron chi connectivity index (χ2n) is 3.34. The van der Waals surface area contributed by atoms with Crippen LogP contribution in [0.1, 0.15) is 13.8 Å². The monoisotopic (exact) mass is 279 g/mol. The summed E-state index contributed by atoms with van der Waals surface area (Å²) in [5.74, 6) is -3.07. The molecule has 0 aromatic heterocycles. The molecule has 0 bridgehead atoms. The predicted molar refractivity (Wildman–Crippen MR) is 68.0 cm³/mol. The molecule has 0 aliphatic heterocycles. The van der Waals surface area contributed by atoms with E-state index in [9.17, 15) is 14.4 Å². The molecule has 0 radical (unpaired) electrons. The highest BCUT2D eigenvalue weighted by Gasteiger charge is 2.29. The largest absolute Gasteiger partial charge is 0.480 e. The summed E-state index contributed by atoms with van der Waals surface area (Å²) < 4.78 is 0. The van der Waals surface area contributed by atoms with E-state index in [4.69, 9.17) is 15.3 Å². The molecular formula is C10H17NO6S. The second-order valence-corrected chi connectivity index (χ2v) is 3.65. The highest BCUT2D eigenvalue weighted by Crippen LogP contribution is 2.05. The van der Waals surface area contributed by atoms with Crippen molar-refractivity contribution in [2.24, 2.45) is 0 Å². The first-order valence-electron chi connectivity index (χ1n) is 4.92. The fraction of sp³-hybridized carbons (Fsp3) is 0.500. The lowest BCUT2D eigenvalue weighted by Crippen LogP contribution is -2.51. The van der Waals surface area contributed by atoms with Crippen molar-refractivity contribution in [1.82, 2.24) is 5.32 Å². The normalized spacial score (nSPS) is 13.3. The van der Waals surface area contributed by atoms with Crippen LogP contribution in [0.25, 0.3) is 0 Å². The minimum absolute atomic E-state index is 0.302. The van der Waals surface area contributed by atoms with E-state index in [1.807, 2.05) is 6.92 Å². The van der Waals surface area contributed by atoms with Crippen molar-refractivity contribution in [1.29, 1.82) is 0 Å². The summed E-state index contributed by atoms with van der Waals surface area (Å²) in [5.41, 5.74) is -0.877. The van der Waals surface area contributed by atoms with Gasteiger partial charge in [0.2, 0.25) is 0 Å². The number of likely N-dealkylation sites (N-methyl/N-ethyl adjacent to an activating group) is 1. The molecule has 7 nitrogen and oxygen atoms in total. The smallest absolute Gasteiger partial charge is 0.328 e. The van der Waals surface area contributed by atoms with Crippen LogP contribution in [0.2, 0.25) is 0 Å². The molecule has 0 saturated carbocycles. The molecule has 0 fully saturated rings. The SMILES string of the molecule is CCNC(C)(CS)C(=O)O.O=C(O)/C=C\C(=O)O. The Bertz CT molecular complexity index is 314. The van der Waals surface area contributed by atoms with Crippen molar-refractivity contribution >= 4 is 30.5 Å². The van der Waals surface area contributed by atoms with Crippen molar-refractivity contribution in [3.05, 3.63) is 12.2 Å². The van der Waals surface area contributed by atoms with Gasteiger partial charge >= 0.3 is 17.9 Å². The molecule has 1 unspecified atom stereocenters. The molecule has 4 N–H and O–H groups in total. The molecule has 0 aliphatic rings. The third-order valence-electron chi connectivity index (χ3n) is 1.72. The number of hydrogen-bond acceptors (Lipinski definition) is 5. The maximum absolute atomic E-state index is 10.5. The zero-order chi connectivity index (χ0) is 14.8. The van der Waals surface area contributed by atoms with Crippen LogP contribution < -0.4 is 5.32 Å². The Morgan fingerprint density at radius 2 is 1.56 bits per heavy atom. The van der Waals surface area contributed by atoms with E-state index in [0.717, 1.165) is 0 Å². The van der Waals surface area contributed by atoms with Crippen molar-refractivity contribution in [3.8, 4) is 0 Å². The van der Waals surface area contributed by atoms with E-state index < -0.39 is 23.4 Å². The fourth-order valence-corrected chi connectivity index (χ4v) is 0.979. The summed E-state index contributed by atoms with van der Waals surface area (Å²) in [6.07, 6.45) is 1.12. The Morgan fingerprint density at radius 3 is 1.67 bits per heavy atom. The molecule has 104 valence electrons. The van der Waals surface area contributed by atoms with Gasteiger partial charge in [0.25, 0.3) is 0 Å². The number of nitrogens with one attached hydrogen (secondary N) is 1. The van der Waals surface area contributed by atoms with E-state index in [-0.39, 0.29) is 0 Å². The van der Waals surface area contributed by atoms with Gasteiger partial charge in [0.05, 0.1) is 0 Å². The van der Waals surface area contributed by atoms with Gasteiger partial charge in [-0.05, 0) is 13.5 Å². The number of aliphatic carboxylic acids is 3. The van der Waals surface area contributed by atoms with Crippen LogP contribution in [0, 0.1) is 0 Å². The molecule has 1 atom stereocenters. The minimum Gasteiger partial charge on any atom is -0.480 e. The first-order valence-corrected chi connectivity index (χ1v) is 5.56. The summed E-state index contributed by atoms with van der Waals surface area (Å²) in [4.78, 5) is 29.6. The average molecular weight is 279 g/mol. The van der Waals surface area contributed by atoms with Gasteiger partial charge in [0.1, 0.15) is 5.54 Å². The van der Waals surface area contributed by atoms with Crippen molar-refractivity contribution in [2.45, 2.75) is 19.4 Å². The lowest BCUT2D eigenvalue weighted by molar-refractivity contribution is -0.143. The fourth-order valence-electron chi connectivity index (χ4n) is 0.732. The summed E-state index contributed by atoms with van der Waals surface area (Å²) in [6.45, 7) is 4.12. The summed E-state index contributed by atoms with van der Waals surface area (Å²) >= 11 is 3.93. The molecular weight excluding hydrogens is 262 g/mol. The maximum atomic E-state index is 10.5. The molecule has 0 aromatic carbocycles. The third-order valence-corrected chi connectivity index (χ3v) is 2.36. The number of rotatable bonds is 6. The number of carbonyl (C=O) groups is 3. The number of carboxylic acid groups (broad SMARTS) is 3. The first-order chi connectivity index (χ1) is 8.19. The summed E-state index contributed by atoms with van der Waals surface area (Å²) in [6, 6.07) is 0. The quantitative estimate of drug-likeness (QED) is 0.344. The average Bonchev–Trinajstić information content (AvgIpc) is 2.27. The molecule has 18 heavy (non-hydrogen) atoms. The Morgan fingerprint density at radius 1 is 1.17 bits per heavy atom. The van der Waals surface area contributed by atoms with Crippen LogP contribution in [0.4, 0.5) is 0 Å². The van der Waals surface area contributed by atoms with Crippen LogP contribution in [-0.4, -0.2) is 51.1 Å². The molecule has 0 aromatic rings. The van der Waals surface area contributed by atoms with Gasteiger partial charge in [-0.1, -0.05) is 6.92 Å². The van der Waals surface area contributed by atoms with E-state index in [0.29, 0.717) is 24.4 Å². The lowest BCUT2D eigenvalue weighted by atomic mass is 10.1. The van der Waals surface area contributed by atoms with Gasteiger partial charge in [-0.15, -0.1) is 0 Å². The Kier molecular flexibility index (Phi) is 9.92. The molecule has 0 amide bonds. The molecule has 0 saturated heterocycles. The van der Waals surface area contributed by atoms with Crippen molar-refractivity contribution < 1.29 is 29.7 Å². The maximum Gasteiger partial charge on any atom is 0.328 e. The Balaban J connectivity index is 0. The molecule has 0 spiro atoms. The second kappa shape index (κ2) is 9.49. The van der Waals surface area contributed by atoms with E-state index in [1.165, 1.54) is 0 Å². The van der Waals surface area contributed by atoms with E-state index in [2.05, 4.69) is 17.9 Å². The summed E-state index contributed by atoms with van der Waals surface area (Å²) in [5, 5.41) is 27.1. The number of hydrogen-bond donors (Lipinski definition) is 5. The van der Waals surface area contributed by atoms with Gasteiger partial charge in [0, 0.05) is 17.9 Å². The van der Waals surface area contributed by atoms with E-state index >= 15 is 0 Å². The van der Waals surface area contributed by atoms with Crippen LogP contribution >= 0.6 is 12.6 Å². The van der Waals surface area contributed by atoms with Crippen LogP contribution in [0.5, 0.6) is 0 Å². The van der Waals surface area contributed by atoms with Gasteiger partial charge in [0.15, 0.2) is 0 Å². The molecule has 0 aliphatic carbocycles. The third kappa shape index (κ3) is 9.67. The number of carboxylic acids is 3. The standard InChI is InChI=1S/C6H13NO2S.C4H4O4/c1-3-7-6(2,4-10)5(8)9;5-3(6)1-2-4(7)8/h7,10H,3-4H2,1-2H3,(H,8,9);1-2H,(H,5,6)(H,7,8)/b;2-1-. The highest BCUT2D eigenvalue weighted by atomic mass is 32.1. The number of thiol groups is 1.